The Labute approximate surface area is 277 Å². The highest BCUT2D eigenvalue weighted by Gasteiger charge is 2.22. The molecule has 0 aromatic heterocycles. The SMILES string of the molecule is N#Cc1ccc(C(=O)OCC(=O)OCC(COC(=O)COC(=O)c2ccc(C#N)cc2)OC(=O)COC(=O)c2ccc(N=C=O)cc2)cc1. The first kappa shape index (κ1) is 36.3. The summed E-state index contributed by atoms with van der Waals surface area (Å²) in [5, 5.41) is 17.7. The lowest BCUT2D eigenvalue weighted by atomic mass is 10.1. The smallest absolute Gasteiger partial charge is 0.344 e. The molecule has 3 rings (SSSR count). The zero-order valence-corrected chi connectivity index (χ0v) is 25.2. The topological polar surface area (TPSA) is 235 Å². The van der Waals surface area contributed by atoms with Crippen molar-refractivity contribution in [2.24, 2.45) is 4.99 Å². The number of carbonyl (C=O) groups excluding carboxylic acids is 7. The van der Waals surface area contributed by atoms with Crippen molar-refractivity contribution in [3.8, 4) is 12.1 Å². The lowest BCUT2D eigenvalue weighted by Crippen LogP contribution is -2.33. The molecule has 16 nitrogen and oxygen atoms in total. The number of aliphatic imine (C=N–C) groups is 1. The summed E-state index contributed by atoms with van der Waals surface area (Å²) in [5.74, 6) is -5.98. The van der Waals surface area contributed by atoms with Crippen LogP contribution in [0.25, 0.3) is 0 Å². The monoisotopic (exact) mass is 669 g/mol. The third-order valence-electron chi connectivity index (χ3n) is 5.90. The second kappa shape index (κ2) is 18.7. The minimum atomic E-state index is -1.46. The van der Waals surface area contributed by atoms with Gasteiger partial charge in [-0.15, -0.1) is 0 Å². The molecule has 0 fully saturated rings. The Bertz CT molecular complexity index is 1730. The minimum Gasteiger partial charge on any atom is -0.459 e. The molecule has 3 aromatic rings. The first-order valence-electron chi connectivity index (χ1n) is 13.8. The standard InChI is InChI=1S/C33H23N3O13/c34-13-21-1-5-23(6-2-21)31(41)46-17-28(38)44-15-27(16-45-29(39)18-47-32(42)24-7-3-22(14-35)4-8-24)49-30(40)19-48-33(43)25-9-11-26(12-10-25)36-20-37/h1-12,27H,15-19H2. The molecule has 0 saturated carbocycles. The van der Waals surface area contributed by atoms with E-state index in [1.54, 1.807) is 0 Å². The maximum atomic E-state index is 12.4. The van der Waals surface area contributed by atoms with Gasteiger partial charge >= 0.3 is 35.8 Å². The average Bonchev–Trinajstić information content (AvgIpc) is 3.13. The van der Waals surface area contributed by atoms with Crippen molar-refractivity contribution in [3.63, 3.8) is 0 Å². The highest BCUT2D eigenvalue weighted by atomic mass is 16.6. The molecule has 3 aromatic carbocycles. The third-order valence-corrected chi connectivity index (χ3v) is 5.90. The molecular weight excluding hydrogens is 646 g/mol. The quantitative estimate of drug-likeness (QED) is 0.0976. The van der Waals surface area contributed by atoms with Gasteiger partial charge in [-0.2, -0.15) is 15.5 Å². The summed E-state index contributed by atoms with van der Waals surface area (Å²) in [5.41, 5.74) is 0.970. The lowest BCUT2D eigenvalue weighted by molar-refractivity contribution is -0.170. The Morgan fingerprint density at radius 2 is 0.918 bits per heavy atom. The Morgan fingerprint density at radius 3 is 1.29 bits per heavy atom. The van der Waals surface area contributed by atoms with E-state index in [1.165, 1.54) is 78.9 Å². The van der Waals surface area contributed by atoms with Crippen LogP contribution in [0.1, 0.15) is 42.2 Å². The molecule has 0 aliphatic carbocycles. The van der Waals surface area contributed by atoms with Crippen LogP contribution in [0.15, 0.2) is 77.8 Å². The normalized spacial score (nSPS) is 9.86. The van der Waals surface area contributed by atoms with E-state index in [4.69, 9.17) is 38.9 Å². The molecule has 248 valence electrons. The number of hydrogen-bond acceptors (Lipinski definition) is 16. The molecule has 0 amide bonds. The lowest BCUT2D eigenvalue weighted by Gasteiger charge is -2.18. The highest BCUT2D eigenvalue weighted by Crippen LogP contribution is 2.13. The fraction of sp³-hybridized carbons (Fsp3) is 0.182. The number of ether oxygens (including phenoxy) is 6. The molecule has 0 N–H and O–H groups in total. The van der Waals surface area contributed by atoms with Crippen LogP contribution in [0.2, 0.25) is 0 Å². The van der Waals surface area contributed by atoms with Crippen molar-refractivity contribution in [3.05, 3.63) is 101 Å². The van der Waals surface area contributed by atoms with E-state index in [-0.39, 0.29) is 22.4 Å². The van der Waals surface area contributed by atoms with E-state index in [1.807, 2.05) is 12.1 Å². The molecule has 0 aliphatic rings. The number of esters is 6. The van der Waals surface area contributed by atoms with Crippen LogP contribution in [0.5, 0.6) is 0 Å². The van der Waals surface area contributed by atoms with Gasteiger partial charge in [-0.25, -0.2) is 33.6 Å². The Balaban J connectivity index is 1.53. The van der Waals surface area contributed by atoms with E-state index in [0.717, 1.165) is 0 Å². The fourth-order valence-electron chi connectivity index (χ4n) is 3.50. The van der Waals surface area contributed by atoms with Gasteiger partial charge in [-0.05, 0) is 72.8 Å². The van der Waals surface area contributed by atoms with Gasteiger partial charge in [-0.1, -0.05) is 0 Å². The van der Waals surface area contributed by atoms with Gasteiger partial charge in [0.2, 0.25) is 6.08 Å². The van der Waals surface area contributed by atoms with Gasteiger partial charge in [0, 0.05) is 0 Å². The van der Waals surface area contributed by atoms with Crippen LogP contribution < -0.4 is 0 Å². The van der Waals surface area contributed by atoms with Gasteiger partial charge in [0.15, 0.2) is 25.9 Å². The van der Waals surface area contributed by atoms with E-state index >= 15 is 0 Å². The molecule has 0 radical (unpaired) electrons. The van der Waals surface area contributed by atoms with Crippen LogP contribution in [0.4, 0.5) is 5.69 Å². The van der Waals surface area contributed by atoms with Crippen molar-refractivity contribution >= 4 is 47.6 Å². The molecule has 0 unspecified atom stereocenters. The molecule has 0 aliphatic heterocycles. The molecule has 0 saturated heterocycles. The van der Waals surface area contributed by atoms with E-state index in [9.17, 15) is 33.6 Å². The van der Waals surface area contributed by atoms with Crippen molar-refractivity contribution in [1.29, 1.82) is 10.5 Å². The van der Waals surface area contributed by atoms with Gasteiger partial charge < -0.3 is 28.4 Å². The molecule has 0 atom stereocenters. The number of isocyanates is 1. The van der Waals surface area contributed by atoms with Gasteiger partial charge in [0.25, 0.3) is 0 Å². The van der Waals surface area contributed by atoms with E-state index < -0.39 is 75.0 Å². The van der Waals surface area contributed by atoms with Crippen LogP contribution >= 0.6 is 0 Å². The van der Waals surface area contributed by atoms with Crippen LogP contribution in [-0.2, 0) is 47.6 Å². The number of rotatable bonds is 15. The average molecular weight is 670 g/mol. The van der Waals surface area contributed by atoms with Crippen molar-refractivity contribution < 1.29 is 62.0 Å². The summed E-state index contributed by atoms with van der Waals surface area (Å²) in [7, 11) is 0. The summed E-state index contributed by atoms with van der Waals surface area (Å²) in [6.45, 7) is -4.01. The van der Waals surface area contributed by atoms with E-state index in [0.29, 0.717) is 11.1 Å². The third kappa shape index (κ3) is 12.3. The molecule has 49 heavy (non-hydrogen) atoms. The molecule has 0 spiro atoms. The van der Waals surface area contributed by atoms with Gasteiger partial charge in [-0.3, -0.25) is 0 Å². The maximum absolute atomic E-state index is 12.4. The van der Waals surface area contributed by atoms with Crippen molar-refractivity contribution in [2.75, 3.05) is 33.0 Å². The van der Waals surface area contributed by atoms with Crippen LogP contribution in [0, 0.1) is 22.7 Å². The molecular formula is C33H23N3O13. The zero-order valence-electron chi connectivity index (χ0n) is 25.2. The second-order valence-corrected chi connectivity index (χ2v) is 9.33. The first-order chi connectivity index (χ1) is 23.6. The molecule has 16 heteroatoms. The van der Waals surface area contributed by atoms with Gasteiger partial charge in [0.05, 0.1) is 45.6 Å². The summed E-state index contributed by atoms with van der Waals surface area (Å²) in [6.07, 6.45) is -0.112. The Kier molecular flexibility index (Phi) is 13.9. The predicted octanol–water partition coefficient (Wildman–Crippen LogP) is 2.27. The molecule has 0 bridgehead atoms. The van der Waals surface area contributed by atoms with E-state index in [2.05, 4.69) is 4.99 Å². The summed E-state index contributed by atoms with van der Waals surface area (Å²) < 4.78 is 29.7. The zero-order chi connectivity index (χ0) is 35.6. The second-order valence-electron chi connectivity index (χ2n) is 9.33. The molecule has 0 heterocycles. The number of carbonyl (C=O) groups is 6. The van der Waals surface area contributed by atoms with Crippen molar-refractivity contribution in [2.45, 2.75) is 6.10 Å². The Morgan fingerprint density at radius 1 is 0.551 bits per heavy atom. The largest absolute Gasteiger partial charge is 0.459 e. The maximum Gasteiger partial charge on any atom is 0.344 e. The first-order valence-corrected chi connectivity index (χ1v) is 13.8. The Hall–Kier alpha value is -7.16. The van der Waals surface area contributed by atoms with Crippen LogP contribution in [0.3, 0.4) is 0 Å². The number of hydrogen-bond donors (Lipinski definition) is 0. The predicted molar refractivity (Wildman–Crippen MR) is 159 cm³/mol. The van der Waals surface area contributed by atoms with Gasteiger partial charge in [0.1, 0.15) is 13.2 Å². The number of benzene rings is 3. The fourth-order valence-corrected chi connectivity index (χ4v) is 3.50. The highest BCUT2D eigenvalue weighted by molar-refractivity contribution is 5.92. The number of nitriles is 2. The summed E-state index contributed by atoms with van der Waals surface area (Å²) in [4.78, 5) is 87.2. The summed E-state index contributed by atoms with van der Waals surface area (Å²) >= 11 is 0. The van der Waals surface area contributed by atoms with Crippen LogP contribution in [-0.4, -0.2) is 81.0 Å². The number of nitrogens with zero attached hydrogens (tertiary/aromatic N) is 3. The van der Waals surface area contributed by atoms with Crippen molar-refractivity contribution in [1.82, 2.24) is 0 Å². The minimum absolute atomic E-state index is 0.0168. The summed E-state index contributed by atoms with van der Waals surface area (Å²) in [6, 6.07) is 19.8.